The fourth-order valence-corrected chi connectivity index (χ4v) is 4.10. The standard InChI is InChI=1S/C23H29N3O3/c1-24-19-11-10-18(17-22(19)29-23(24)27)7-5-6-12-25-13-15-26(16-14-25)20-8-3-4-9-21(20)28-2/h3-4,8-11,17H,5-7,12-16H2,1-2H3. The van der Waals surface area contributed by atoms with E-state index in [2.05, 4.69) is 28.0 Å². The first-order valence-corrected chi connectivity index (χ1v) is 10.3. The highest BCUT2D eigenvalue weighted by Crippen LogP contribution is 2.28. The number of anilines is 1. The third-order valence-corrected chi connectivity index (χ3v) is 5.84. The van der Waals surface area contributed by atoms with Crippen LogP contribution >= 0.6 is 0 Å². The van der Waals surface area contributed by atoms with Crippen LogP contribution in [0.25, 0.3) is 11.1 Å². The minimum atomic E-state index is -0.301. The predicted octanol–water partition coefficient (Wildman–Crippen LogP) is 3.29. The Morgan fingerprint density at radius 3 is 2.62 bits per heavy atom. The molecule has 1 saturated heterocycles. The number of unbranched alkanes of at least 4 members (excludes halogenated alkanes) is 1. The maximum Gasteiger partial charge on any atom is 0.419 e. The molecule has 0 unspecified atom stereocenters. The summed E-state index contributed by atoms with van der Waals surface area (Å²) in [6, 6.07) is 14.3. The van der Waals surface area contributed by atoms with Crippen molar-refractivity contribution in [1.82, 2.24) is 9.47 Å². The van der Waals surface area contributed by atoms with E-state index in [9.17, 15) is 4.79 Å². The summed E-state index contributed by atoms with van der Waals surface area (Å²) in [5.74, 6) is 0.650. The van der Waals surface area contributed by atoms with Gasteiger partial charge in [-0.2, -0.15) is 0 Å². The van der Waals surface area contributed by atoms with Crippen LogP contribution in [0.1, 0.15) is 18.4 Å². The first-order valence-electron chi connectivity index (χ1n) is 10.3. The minimum absolute atomic E-state index is 0.301. The topological polar surface area (TPSA) is 50.9 Å². The van der Waals surface area contributed by atoms with Crippen molar-refractivity contribution >= 4 is 16.8 Å². The molecule has 1 aromatic heterocycles. The number of aromatic nitrogens is 1. The lowest BCUT2D eigenvalue weighted by molar-refractivity contribution is 0.252. The number of fused-ring (bicyclic) bond motifs is 1. The SMILES string of the molecule is COc1ccccc1N1CCN(CCCCc2ccc3c(c2)oc(=O)n3C)CC1. The molecule has 6 nitrogen and oxygen atoms in total. The summed E-state index contributed by atoms with van der Waals surface area (Å²) in [5.41, 5.74) is 3.96. The van der Waals surface area contributed by atoms with E-state index >= 15 is 0 Å². The van der Waals surface area contributed by atoms with Crippen molar-refractivity contribution in [2.24, 2.45) is 7.05 Å². The number of para-hydroxylation sites is 2. The highest BCUT2D eigenvalue weighted by Gasteiger charge is 2.19. The van der Waals surface area contributed by atoms with Crippen LogP contribution in [0.15, 0.2) is 51.7 Å². The van der Waals surface area contributed by atoms with E-state index < -0.39 is 0 Å². The van der Waals surface area contributed by atoms with Crippen molar-refractivity contribution in [3.05, 3.63) is 58.6 Å². The second-order valence-corrected chi connectivity index (χ2v) is 7.69. The van der Waals surface area contributed by atoms with Crippen LogP contribution in [0, 0.1) is 0 Å². The van der Waals surface area contributed by atoms with Crippen LogP contribution in [0.4, 0.5) is 5.69 Å². The van der Waals surface area contributed by atoms with Gasteiger partial charge in [-0.05, 0) is 55.6 Å². The molecule has 0 saturated carbocycles. The molecule has 1 fully saturated rings. The molecule has 3 aromatic rings. The Kier molecular flexibility index (Phi) is 5.90. The van der Waals surface area contributed by atoms with E-state index in [0.29, 0.717) is 5.58 Å². The Balaban J connectivity index is 1.22. The number of nitrogens with zero attached hydrogens (tertiary/aromatic N) is 3. The van der Waals surface area contributed by atoms with E-state index in [1.165, 1.54) is 17.7 Å². The Bertz CT molecular complexity index is 1020. The van der Waals surface area contributed by atoms with Gasteiger partial charge in [0.1, 0.15) is 5.75 Å². The predicted molar refractivity (Wildman–Crippen MR) is 116 cm³/mol. The molecule has 0 aliphatic carbocycles. The van der Waals surface area contributed by atoms with Gasteiger partial charge in [-0.3, -0.25) is 9.47 Å². The zero-order valence-electron chi connectivity index (χ0n) is 17.3. The quantitative estimate of drug-likeness (QED) is 0.575. The van der Waals surface area contributed by atoms with Gasteiger partial charge in [-0.25, -0.2) is 4.79 Å². The Morgan fingerprint density at radius 1 is 1.03 bits per heavy atom. The van der Waals surface area contributed by atoms with E-state index in [0.717, 1.165) is 56.8 Å². The molecule has 4 rings (SSSR count). The molecule has 0 amide bonds. The van der Waals surface area contributed by atoms with Crippen LogP contribution < -0.4 is 15.4 Å². The summed E-state index contributed by atoms with van der Waals surface area (Å²) >= 11 is 0. The minimum Gasteiger partial charge on any atom is -0.495 e. The van der Waals surface area contributed by atoms with Gasteiger partial charge in [-0.15, -0.1) is 0 Å². The van der Waals surface area contributed by atoms with Crippen LogP contribution in [0.2, 0.25) is 0 Å². The van der Waals surface area contributed by atoms with Gasteiger partial charge in [-0.1, -0.05) is 18.2 Å². The number of methoxy groups -OCH3 is 1. The van der Waals surface area contributed by atoms with E-state index in [1.54, 1.807) is 18.7 Å². The molecule has 2 heterocycles. The van der Waals surface area contributed by atoms with E-state index in [1.807, 2.05) is 24.3 Å². The molecular weight excluding hydrogens is 366 g/mol. The first-order chi connectivity index (χ1) is 14.2. The molecule has 2 aromatic carbocycles. The summed E-state index contributed by atoms with van der Waals surface area (Å²) in [7, 11) is 3.47. The maximum absolute atomic E-state index is 11.6. The van der Waals surface area contributed by atoms with E-state index in [-0.39, 0.29) is 5.76 Å². The summed E-state index contributed by atoms with van der Waals surface area (Å²) in [5, 5.41) is 0. The van der Waals surface area contributed by atoms with Gasteiger partial charge in [0.05, 0.1) is 18.3 Å². The van der Waals surface area contributed by atoms with Gasteiger partial charge >= 0.3 is 5.76 Å². The average molecular weight is 396 g/mol. The Morgan fingerprint density at radius 2 is 1.83 bits per heavy atom. The van der Waals surface area contributed by atoms with Gasteiger partial charge < -0.3 is 14.1 Å². The van der Waals surface area contributed by atoms with Crippen LogP contribution in [0.3, 0.4) is 0 Å². The number of piperazine rings is 1. The molecule has 6 heteroatoms. The zero-order valence-corrected chi connectivity index (χ0v) is 17.3. The van der Waals surface area contributed by atoms with Crippen LogP contribution in [-0.4, -0.2) is 49.3 Å². The molecule has 1 aliphatic heterocycles. The molecular formula is C23H29N3O3. The van der Waals surface area contributed by atoms with E-state index in [4.69, 9.17) is 9.15 Å². The molecule has 1 aliphatic rings. The normalized spacial score (nSPS) is 15.2. The number of rotatable bonds is 7. The smallest absolute Gasteiger partial charge is 0.419 e. The largest absolute Gasteiger partial charge is 0.495 e. The summed E-state index contributed by atoms with van der Waals surface area (Å²) in [4.78, 5) is 16.6. The number of ether oxygens (including phenoxy) is 1. The number of hydrogen-bond acceptors (Lipinski definition) is 5. The van der Waals surface area contributed by atoms with Crippen LogP contribution in [-0.2, 0) is 13.5 Å². The summed E-state index contributed by atoms with van der Waals surface area (Å²) in [6.07, 6.45) is 3.32. The summed E-state index contributed by atoms with van der Waals surface area (Å²) < 4.78 is 12.3. The highest BCUT2D eigenvalue weighted by atomic mass is 16.5. The second kappa shape index (κ2) is 8.74. The van der Waals surface area contributed by atoms with Gasteiger partial charge in [0.2, 0.25) is 0 Å². The zero-order chi connectivity index (χ0) is 20.2. The second-order valence-electron chi connectivity index (χ2n) is 7.69. The van der Waals surface area contributed by atoms with Crippen molar-refractivity contribution in [2.45, 2.75) is 19.3 Å². The van der Waals surface area contributed by atoms with Crippen molar-refractivity contribution in [2.75, 3.05) is 44.7 Å². The molecule has 0 radical (unpaired) electrons. The Labute approximate surface area is 171 Å². The third-order valence-electron chi connectivity index (χ3n) is 5.84. The highest BCUT2D eigenvalue weighted by molar-refractivity contribution is 5.73. The Hall–Kier alpha value is -2.73. The fraction of sp³-hybridized carbons (Fsp3) is 0.435. The lowest BCUT2D eigenvalue weighted by Crippen LogP contribution is -2.46. The lowest BCUT2D eigenvalue weighted by Gasteiger charge is -2.36. The number of hydrogen-bond donors (Lipinski definition) is 0. The lowest BCUT2D eigenvalue weighted by atomic mass is 10.1. The number of oxazole rings is 1. The van der Waals surface area contributed by atoms with Crippen molar-refractivity contribution in [3.63, 3.8) is 0 Å². The molecule has 154 valence electrons. The molecule has 0 atom stereocenters. The van der Waals surface area contributed by atoms with Gasteiger partial charge in [0.15, 0.2) is 5.58 Å². The third kappa shape index (κ3) is 4.32. The molecule has 0 spiro atoms. The molecule has 29 heavy (non-hydrogen) atoms. The monoisotopic (exact) mass is 395 g/mol. The molecule has 0 N–H and O–H groups in total. The average Bonchev–Trinajstić information content (AvgIpc) is 3.04. The summed E-state index contributed by atoms with van der Waals surface area (Å²) in [6.45, 7) is 5.36. The van der Waals surface area contributed by atoms with Gasteiger partial charge in [0, 0.05) is 33.2 Å². The van der Waals surface area contributed by atoms with Crippen molar-refractivity contribution in [1.29, 1.82) is 0 Å². The van der Waals surface area contributed by atoms with Crippen molar-refractivity contribution < 1.29 is 9.15 Å². The fourth-order valence-electron chi connectivity index (χ4n) is 4.10. The molecule has 0 bridgehead atoms. The maximum atomic E-state index is 11.6. The number of benzene rings is 2. The van der Waals surface area contributed by atoms with Gasteiger partial charge in [0.25, 0.3) is 0 Å². The van der Waals surface area contributed by atoms with Crippen molar-refractivity contribution in [3.8, 4) is 5.75 Å². The van der Waals surface area contributed by atoms with Crippen LogP contribution in [0.5, 0.6) is 5.75 Å². The first kappa shape index (κ1) is 19.6. The number of aryl methyl sites for hydroxylation is 2.